The van der Waals surface area contributed by atoms with Crippen LogP contribution in [0, 0.1) is 0 Å². The van der Waals surface area contributed by atoms with E-state index in [1.807, 2.05) is 11.4 Å². The van der Waals surface area contributed by atoms with Gasteiger partial charge in [-0.1, -0.05) is 54.6 Å². The Morgan fingerprint density at radius 1 is 1.04 bits per heavy atom. The molecule has 1 heterocycles. The lowest BCUT2D eigenvalue weighted by molar-refractivity contribution is -0.136. The lowest BCUT2D eigenvalue weighted by Crippen LogP contribution is -2.28. The predicted octanol–water partition coefficient (Wildman–Crippen LogP) is 3.86. The first-order valence-electron chi connectivity index (χ1n) is 7.96. The number of aliphatic carboxylic acids is 1. The van der Waals surface area contributed by atoms with Gasteiger partial charge in [-0.2, -0.15) is 0 Å². The zero-order chi connectivity index (χ0) is 16.6. The number of carboxylic acid groups (broad SMARTS) is 1. The van der Waals surface area contributed by atoms with Gasteiger partial charge < -0.3 is 5.11 Å². The molecule has 0 spiro atoms. The van der Waals surface area contributed by atoms with Gasteiger partial charge in [0.1, 0.15) is 5.01 Å². The molecule has 0 saturated carbocycles. The van der Waals surface area contributed by atoms with Crippen LogP contribution >= 0.6 is 11.3 Å². The van der Waals surface area contributed by atoms with Crippen molar-refractivity contribution in [3.63, 3.8) is 0 Å². The van der Waals surface area contributed by atoms with Crippen molar-refractivity contribution >= 4 is 17.3 Å². The second-order valence-corrected chi connectivity index (χ2v) is 7.14. The molecule has 0 aliphatic heterocycles. The lowest BCUT2D eigenvalue weighted by Gasteiger charge is -2.27. The maximum absolute atomic E-state index is 11.0. The summed E-state index contributed by atoms with van der Waals surface area (Å²) in [5.74, 6) is -0.838. The second-order valence-electron chi connectivity index (χ2n) is 6.28. The molecule has 0 saturated heterocycles. The van der Waals surface area contributed by atoms with Crippen molar-refractivity contribution in [2.45, 2.75) is 24.7 Å². The summed E-state index contributed by atoms with van der Waals surface area (Å²) >= 11 is 1.58. The first kappa shape index (κ1) is 15.1. The van der Waals surface area contributed by atoms with Gasteiger partial charge in [0, 0.05) is 5.38 Å². The molecule has 3 aromatic rings. The van der Waals surface area contributed by atoms with Crippen LogP contribution in [0.25, 0.3) is 0 Å². The molecule has 120 valence electrons. The zero-order valence-electron chi connectivity index (χ0n) is 13.1. The van der Waals surface area contributed by atoms with Crippen LogP contribution in [-0.2, 0) is 29.5 Å². The molecule has 0 fully saturated rings. The Morgan fingerprint density at radius 3 is 2.29 bits per heavy atom. The maximum Gasteiger partial charge on any atom is 0.309 e. The minimum atomic E-state index is -0.838. The topological polar surface area (TPSA) is 50.2 Å². The van der Waals surface area contributed by atoms with Gasteiger partial charge in [-0.25, -0.2) is 4.98 Å². The van der Waals surface area contributed by atoms with Gasteiger partial charge in [0.15, 0.2) is 0 Å². The highest BCUT2D eigenvalue weighted by molar-refractivity contribution is 7.09. The predicted molar refractivity (Wildman–Crippen MR) is 94.5 cm³/mol. The molecule has 2 aromatic carbocycles. The standard InChI is InChI=1S/C20H17NO2S/c22-18(23)10-17-13-24-19(21-17)20(16-8-2-1-3-9-16)11-14-6-4-5-7-15(14)12-20/h1-9,13H,10-12H2,(H,22,23). The number of carboxylic acids is 1. The minimum absolute atomic E-state index is 0.0195. The highest BCUT2D eigenvalue weighted by atomic mass is 32.1. The molecule has 24 heavy (non-hydrogen) atoms. The third-order valence-corrected chi connectivity index (χ3v) is 5.82. The van der Waals surface area contributed by atoms with Gasteiger partial charge in [0.25, 0.3) is 0 Å². The van der Waals surface area contributed by atoms with Gasteiger partial charge in [0.2, 0.25) is 0 Å². The van der Waals surface area contributed by atoms with E-state index in [1.54, 1.807) is 11.3 Å². The van der Waals surface area contributed by atoms with Crippen LogP contribution in [0.2, 0.25) is 0 Å². The SMILES string of the molecule is O=C(O)Cc1csc(C2(c3ccccc3)Cc3ccccc3C2)n1. The highest BCUT2D eigenvalue weighted by Gasteiger charge is 2.42. The largest absolute Gasteiger partial charge is 0.481 e. The Balaban J connectivity index is 1.81. The van der Waals surface area contributed by atoms with Crippen molar-refractivity contribution in [2.24, 2.45) is 0 Å². The fourth-order valence-electron chi connectivity index (χ4n) is 3.61. The summed E-state index contributed by atoms with van der Waals surface area (Å²) in [4.78, 5) is 15.7. The molecule has 4 heteroatoms. The second kappa shape index (κ2) is 5.87. The highest BCUT2D eigenvalue weighted by Crippen LogP contribution is 2.45. The van der Waals surface area contributed by atoms with Crippen LogP contribution in [0.1, 0.15) is 27.4 Å². The van der Waals surface area contributed by atoms with Crippen LogP contribution in [0.3, 0.4) is 0 Å². The van der Waals surface area contributed by atoms with E-state index in [2.05, 4.69) is 48.5 Å². The Hall–Kier alpha value is -2.46. The molecule has 1 N–H and O–H groups in total. The van der Waals surface area contributed by atoms with Crippen LogP contribution in [0.15, 0.2) is 60.0 Å². The zero-order valence-corrected chi connectivity index (χ0v) is 13.9. The van der Waals surface area contributed by atoms with Crippen molar-refractivity contribution in [1.29, 1.82) is 0 Å². The van der Waals surface area contributed by atoms with Crippen molar-refractivity contribution in [3.05, 3.63) is 87.4 Å². The van der Waals surface area contributed by atoms with E-state index < -0.39 is 5.97 Å². The van der Waals surface area contributed by atoms with Crippen molar-refractivity contribution in [3.8, 4) is 0 Å². The van der Waals surface area contributed by atoms with E-state index in [-0.39, 0.29) is 11.8 Å². The lowest BCUT2D eigenvalue weighted by atomic mass is 9.78. The number of aromatic nitrogens is 1. The monoisotopic (exact) mass is 335 g/mol. The quantitative estimate of drug-likeness (QED) is 0.788. The van der Waals surface area contributed by atoms with Crippen molar-refractivity contribution < 1.29 is 9.90 Å². The summed E-state index contributed by atoms with van der Waals surface area (Å²) in [6, 6.07) is 19.0. The molecule has 0 radical (unpaired) electrons. The molecule has 0 bridgehead atoms. The fraction of sp³-hybridized carbons (Fsp3) is 0.200. The first-order valence-corrected chi connectivity index (χ1v) is 8.84. The van der Waals surface area contributed by atoms with E-state index >= 15 is 0 Å². The molecule has 3 nitrogen and oxygen atoms in total. The third-order valence-electron chi connectivity index (χ3n) is 4.72. The van der Waals surface area contributed by atoms with E-state index in [1.165, 1.54) is 16.7 Å². The number of rotatable bonds is 4. The number of hydrogen-bond acceptors (Lipinski definition) is 3. The number of carbonyl (C=O) groups is 1. The smallest absolute Gasteiger partial charge is 0.309 e. The van der Waals surface area contributed by atoms with E-state index in [4.69, 9.17) is 10.1 Å². The van der Waals surface area contributed by atoms with Gasteiger partial charge in [-0.05, 0) is 29.5 Å². The number of nitrogens with zero attached hydrogens (tertiary/aromatic N) is 1. The van der Waals surface area contributed by atoms with E-state index in [0.29, 0.717) is 5.69 Å². The Labute approximate surface area is 144 Å². The summed E-state index contributed by atoms with van der Waals surface area (Å²) in [7, 11) is 0. The van der Waals surface area contributed by atoms with E-state index in [9.17, 15) is 4.79 Å². The van der Waals surface area contributed by atoms with Crippen LogP contribution in [0.5, 0.6) is 0 Å². The summed E-state index contributed by atoms with van der Waals surface area (Å²) < 4.78 is 0. The van der Waals surface area contributed by atoms with Crippen LogP contribution < -0.4 is 0 Å². The third kappa shape index (κ3) is 2.53. The first-order chi connectivity index (χ1) is 11.7. The Bertz CT molecular complexity index is 860. The van der Waals surface area contributed by atoms with Crippen molar-refractivity contribution in [1.82, 2.24) is 4.98 Å². The van der Waals surface area contributed by atoms with Gasteiger partial charge >= 0.3 is 5.97 Å². The molecule has 0 atom stereocenters. The molecule has 1 aliphatic carbocycles. The van der Waals surface area contributed by atoms with E-state index in [0.717, 1.165) is 17.8 Å². The molecule has 0 unspecified atom stereocenters. The van der Waals surface area contributed by atoms with Gasteiger partial charge in [-0.15, -0.1) is 11.3 Å². The summed E-state index contributed by atoms with van der Waals surface area (Å²) in [6.45, 7) is 0. The summed E-state index contributed by atoms with van der Waals surface area (Å²) in [5.41, 5.74) is 4.42. The van der Waals surface area contributed by atoms with Crippen molar-refractivity contribution in [2.75, 3.05) is 0 Å². The molecule has 1 aromatic heterocycles. The molecular weight excluding hydrogens is 318 g/mol. The van der Waals surface area contributed by atoms with Gasteiger partial charge in [0.05, 0.1) is 17.5 Å². The summed E-state index contributed by atoms with van der Waals surface area (Å²) in [6.07, 6.45) is 1.80. The number of thiazole rings is 1. The Kier molecular flexibility index (Phi) is 3.69. The van der Waals surface area contributed by atoms with Crippen LogP contribution in [0.4, 0.5) is 0 Å². The average molecular weight is 335 g/mol. The number of fused-ring (bicyclic) bond motifs is 1. The molecule has 4 rings (SSSR count). The van der Waals surface area contributed by atoms with Crippen LogP contribution in [-0.4, -0.2) is 16.1 Å². The Morgan fingerprint density at radius 2 is 1.67 bits per heavy atom. The van der Waals surface area contributed by atoms with Gasteiger partial charge in [-0.3, -0.25) is 4.79 Å². The molecule has 0 amide bonds. The number of benzene rings is 2. The number of hydrogen-bond donors (Lipinski definition) is 1. The minimum Gasteiger partial charge on any atom is -0.481 e. The fourth-order valence-corrected chi connectivity index (χ4v) is 4.66. The maximum atomic E-state index is 11.0. The molecular formula is C20H17NO2S. The normalized spacial score (nSPS) is 15.2. The molecule has 1 aliphatic rings. The summed E-state index contributed by atoms with van der Waals surface area (Å²) in [5, 5.41) is 11.9. The average Bonchev–Trinajstić information content (AvgIpc) is 3.20.